The van der Waals surface area contributed by atoms with Crippen LogP contribution in [0.4, 0.5) is 0 Å². The van der Waals surface area contributed by atoms with Gasteiger partial charge in [0, 0.05) is 10.0 Å². The summed E-state index contributed by atoms with van der Waals surface area (Å²) in [6, 6.07) is 29.5. The lowest BCUT2D eigenvalue weighted by Gasteiger charge is -2.22. The molecular formula is C26H18BrN3OS. The average molecular weight is 500 g/mol. The van der Waals surface area contributed by atoms with E-state index in [9.17, 15) is 4.79 Å². The number of benzene rings is 3. The van der Waals surface area contributed by atoms with E-state index in [-0.39, 0.29) is 11.6 Å². The third kappa shape index (κ3) is 4.07. The first-order chi connectivity index (χ1) is 15.7. The van der Waals surface area contributed by atoms with Gasteiger partial charge in [-0.3, -0.25) is 9.36 Å². The molecule has 5 rings (SSSR count). The molecule has 3 aromatic carbocycles. The van der Waals surface area contributed by atoms with Gasteiger partial charge in [0.25, 0.3) is 5.56 Å². The smallest absolute Gasteiger partial charge is 0.268 e. The van der Waals surface area contributed by atoms with Gasteiger partial charge in [0.2, 0.25) is 4.80 Å². The zero-order chi connectivity index (χ0) is 21.9. The molecule has 4 nitrogen and oxygen atoms in total. The van der Waals surface area contributed by atoms with Crippen molar-refractivity contribution in [2.24, 2.45) is 10.2 Å². The van der Waals surface area contributed by atoms with Crippen LogP contribution in [0.3, 0.4) is 0 Å². The summed E-state index contributed by atoms with van der Waals surface area (Å²) in [7, 11) is 0. The number of halogens is 1. The van der Waals surface area contributed by atoms with Crippen molar-refractivity contribution in [2.45, 2.75) is 6.04 Å². The molecule has 32 heavy (non-hydrogen) atoms. The molecule has 0 amide bonds. The maximum absolute atomic E-state index is 13.5. The number of fused-ring (bicyclic) bond motifs is 1. The van der Waals surface area contributed by atoms with E-state index in [4.69, 9.17) is 0 Å². The first kappa shape index (κ1) is 20.5. The van der Waals surface area contributed by atoms with Crippen LogP contribution >= 0.6 is 27.3 Å². The van der Waals surface area contributed by atoms with E-state index in [0.29, 0.717) is 9.33 Å². The van der Waals surface area contributed by atoms with Crippen LogP contribution in [0.15, 0.2) is 110 Å². The Morgan fingerprint density at radius 1 is 0.875 bits per heavy atom. The molecule has 0 aliphatic carbocycles. The van der Waals surface area contributed by atoms with Gasteiger partial charge < -0.3 is 0 Å². The highest BCUT2D eigenvalue weighted by atomic mass is 79.9. The standard InChI is InChI=1S/C26H18BrN3OS/c27-21(16-18-10-4-1-5-11-18)17-22-25(31)30-24(20-14-8-3-9-15-20)23(28-29-26(30)32-22)19-12-6-2-7-13-19/h1-17,24H/b21-16+,22-17+/t24-/m0/s1. The van der Waals surface area contributed by atoms with Crippen molar-refractivity contribution in [3.05, 3.63) is 132 Å². The summed E-state index contributed by atoms with van der Waals surface area (Å²) in [5.74, 6) is 0. The first-order valence-corrected chi connectivity index (χ1v) is 11.7. The van der Waals surface area contributed by atoms with E-state index in [0.717, 1.165) is 26.9 Å². The molecule has 1 aliphatic heterocycles. The van der Waals surface area contributed by atoms with Crippen LogP contribution < -0.4 is 14.9 Å². The van der Waals surface area contributed by atoms with E-state index in [2.05, 4.69) is 26.1 Å². The molecule has 1 aromatic heterocycles. The van der Waals surface area contributed by atoms with E-state index in [1.165, 1.54) is 11.3 Å². The molecular weight excluding hydrogens is 482 g/mol. The normalized spacial score (nSPS) is 16.3. The van der Waals surface area contributed by atoms with E-state index in [1.807, 2.05) is 103 Å². The molecule has 0 N–H and O–H groups in total. The summed E-state index contributed by atoms with van der Waals surface area (Å²) in [6.07, 6.45) is 3.84. The van der Waals surface area contributed by atoms with Crippen molar-refractivity contribution in [3.63, 3.8) is 0 Å². The zero-order valence-corrected chi connectivity index (χ0v) is 19.3. The maximum atomic E-state index is 13.5. The number of allylic oxidation sites excluding steroid dienone is 1. The molecule has 1 atom stereocenters. The van der Waals surface area contributed by atoms with Gasteiger partial charge in [0.15, 0.2) is 0 Å². The van der Waals surface area contributed by atoms with Crippen molar-refractivity contribution in [1.29, 1.82) is 0 Å². The molecule has 2 heterocycles. The molecule has 0 spiro atoms. The summed E-state index contributed by atoms with van der Waals surface area (Å²) >= 11 is 4.94. The molecule has 0 fully saturated rings. The minimum Gasteiger partial charge on any atom is -0.268 e. The van der Waals surface area contributed by atoms with Crippen LogP contribution in [0.1, 0.15) is 22.7 Å². The minimum absolute atomic E-state index is 0.0793. The van der Waals surface area contributed by atoms with Gasteiger partial charge in [-0.25, -0.2) is 0 Å². The van der Waals surface area contributed by atoms with Crippen molar-refractivity contribution >= 4 is 45.1 Å². The lowest BCUT2D eigenvalue weighted by molar-refractivity contribution is 0.657. The van der Waals surface area contributed by atoms with Crippen molar-refractivity contribution in [1.82, 2.24) is 4.57 Å². The highest BCUT2D eigenvalue weighted by molar-refractivity contribution is 9.12. The van der Waals surface area contributed by atoms with Gasteiger partial charge in [0.05, 0.1) is 10.2 Å². The van der Waals surface area contributed by atoms with Gasteiger partial charge in [-0.15, -0.1) is 10.2 Å². The third-order valence-corrected chi connectivity index (χ3v) is 6.59. The van der Waals surface area contributed by atoms with Crippen LogP contribution in [-0.2, 0) is 0 Å². The Balaban J connectivity index is 1.66. The lowest BCUT2D eigenvalue weighted by atomic mass is 9.96. The van der Waals surface area contributed by atoms with Gasteiger partial charge in [0.1, 0.15) is 6.04 Å². The predicted octanol–water partition coefficient (Wildman–Crippen LogP) is 4.75. The largest absolute Gasteiger partial charge is 0.271 e. The average Bonchev–Trinajstić information content (AvgIpc) is 3.15. The number of hydrogen-bond acceptors (Lipinski definition) is 4. The van der Waals surface area contributed by atoms with E-state index >= 15 is 0 Å². The number of nitrogens with zero attached hydrogens (tertiary/aromatic N) is 3. The second-order valence-corrected chi connectivity index (χ2v) is 9.20. The molecule has 0 saturated carbocycles. The van der Waals surface area contributed by atoms with Gasteiger partial charge in [-0.2, -0.15) is 0 Å². The van der Waals surface area contributed by atoms with Gasteiger partial charge in [-0.05, 0) is 23.3 Å². The number of rotatable bonds is 4. The highest BCUT2D eigenvalue weighted by Gasteiger charge is 2.28. The fourth-order valence-electron chi connectivity index (χ4n) is 3.70. The fourth-order valence-corrected chi connectivity index (χ4v) is 5.28. The topological polar surface area (TPSA) is 46.7 Å². The second-order valence-electron chi connectivity index (χ2n) is 7.27. The monoisotopic (exact) mass is 499 g/mol. The Hall–Kier alpha value is -3.35. The third-order valence-electron chi connectivity index (χ3n) is 5.16. The summed E-state index contributed by atoms with van der Waals surface area (Å²) in [6.45, 7) is 0. The molecule has 0 saturated heterocycles. The molecule has 0 radical (unpaired) electrons. The second kappa shape index (κ2) is 9.02. The molecule has 1 aliphatic rings. The number of aromatic nitrogens is 1. The van der Waals surface area contributed by atoms with Crippen molar-refractivity contribution in [3.8, 4) is 0 Å². The SMILES string of the molecule is O=c1/c(=C\C(Br)=C/c2ccccc2)sc2n1[C@@H](c1ccccc1)C(c1ccccc1)=NN=2. The Labute approximate surface area is 197 Å². The minimum atomic E-state index is -0.339. The van der Waals surface area contributed by atoms with Crippen molar-refractivity contribution in [2.75, 3.05) is 0 Å². The van der Waals surface area contributed by atoms with E-state index < -0.39 is 0 Å². The number of thiazole rings is 1. The molecule has 156 valence electrons. The molecule has 4 aromatic rings. The van der Waals surface area contributed by atoms with Crippen LogP contribution in [0.25, 0.3) is 12.2 Å². The van der Waals surface area contributed by atoms with Gasteiger partial charge in [-0.1, -0.05) is 118 Å². The van der Waals surface area contributed by atoms with Crippen LogP contribution in [0.2, 0.25) is 0 Å². The predicted molar refractivity (Wildman–Crippen MR) is 135 cm³/mol. The zero-order valence-electron chi connectivity index (χ0n) is 16.9. The highest BCUT2D eigenvalue weighted by Crippen LogP contribution is 2.24. The van der Waals surface area contributed by atoms with Crippen LogP contribution in [0, 0.1) is 0 Å². The Morgan fingerprint density at radius 3 is 2.19 bits per heavy atom. The molecule has 0 bridgehead atoms. The fraction of sp³-hybridized carbons (Fsp3) is 0.0385. The Bertz CT molecular complexity index is 1490. The van der Waals surface area contributed by atoms with Gasteiger partial charge >= 0.3 is 0 Å². The summed E-state index contributed by atoms with van der Waals surface area (Å²) < 4.78 is 3.18. The lowest BCUT2D eigenvalue weighted by Crippen LogP contribution is -2.40. The van der Waals surface area contributed by atoms with Crippen molar-refractivity contribution < 1.29 is 0 Å². The van der Waals surface area contributed by atoms with Crippen LogP contribution in [0.5, 0.6) is 0 Å². The molecule has 6 heteroatoms. The quantitative estimate of drug-likeness (QED) is 0.399. The van der Waals surface area contributed by atoms with E-state index in [1.54, 1.807) is 4.57 Å². The molecule has 0 unspecified atom stereocenters. The summed E-state index contributed by atoms with van der Waals surface area (Å²) in [5, 5.41) is 8.97. The Morgan fingerprint density at radius 2 is 1.50 bits per heavy atom. The summed E-state index contributed by atoms with van der Waals surface area (Å²) in [4.78, 5) is 14.1. The first-order valence-electron chi connectivity index (χ1n) is 10.1. The number of hydrogen-bond donors (Lipinski definition) is 0. The summed E-state index contributed by atoms with van der Waals surface area (Å²) in [5.41, 5.74) is 3.68. The maximum Gasteiger partial charge on any atom is 0.271 e. The van der Waals surface area contributed by atoms with Crippen LogP contribution in [-0.4, -0.2) is 10.3 Å². The Kier molecular flexibility index (Phi) is 5.79.